The summed E-state index contributed by atoms with van der Waals surface area (Å²) in [6.07, 6.45) is 5.62. The van der Waals surface area contributed by atoms with Gasteiger partial charge in [-0.15, -0.1) is 0 Å². The van der Waals surface area contributed by atoms with E-state index in [-0.39, 0.29) is 37.3 Å². The molecule has 44 heavy (non-hydrogen) atoms. The second-order valence-electron chi connectivity index (χ2n) is 11.6. The van der Waals surface area contributed by atoms with Crippen molar-refractivity contribution in [2.75, 3.05) is 19.7 Å². The van der Waals surface area contributed by atoms with Crippen LogP contribution >= 0.6 is 0 Å². The molecular formula is C33H35N3O8. The van der Waals surface area contributed by atoms with Gasteiger partial charge in [-0.25, -0.2) is 9.78 Å². The van der Waals surface area contributed by atoms with Crippen molar-refractivity contribution < 1.29 is 37.8 Å². The molecule has 1 saturated carbocycles. The maximum absolute atomic E-state index is 13.0. The average Bonchev–Trinajstić information content (AvgIpc) is 3.55. The van der Waals surface area contributed by atoms with E-state index < -0.39 is 36.0 Å². The number of piperidine rings is 1. The number of amides is 2. The Bertz CT molecular complexity index is 1480. The quantitative estimate of drug-likeness (QED) is 0.339. The number of oxazole rings is 1. The van der Waals surface area contributed by atoms with Gasteiger partial charge in [0.1, 0.15) is 30.8 Å². The van der Waals surface area contributed by atoms with E-state index in [2.05, 4.69) is 22.4 Å². The molecule has 0 spiro atoms. The third-order valence-electron chi connectivity index (χ3n) is 8.28. The van der Waals surface area contributed by atoms with Gasteiger partial charge in [0.2, 0.25) is 5.91 Å². The van der Waals surface area contributed by atoms with Crippen molar-refractivity contribution in [3.63, 3.8) is 0 Å². The first kappa shape index (κ1) is 29.4. The molecule has 2 aromatic carbocycles. The Labute approximate surface area is 254 Å². The van der Waals surface area contributed by atoms with Gasteiger partial charge in [-0.05, 0) is 73.9 Å². The number of hydrogen-bond acceptors (Lipinski definition) is 9. The number of cyclic esters (lactones) is 1. The zero-order chi connectivity index (χ0) is 30.6. The molecule has 1 aromatic heterocycles. The zero-order valence-electron chi connectivity index (χ0n) is 24.5. The summed E-state index contributed by atoms with van der Waals surface area (Å²) in [6.45, 7) is 2.80. The third kappa shape index (κ3) is 6.93. The molecule has 0 unspecified atom stereocenters. The number of esters is 2. The zero-order valence-corrected chi connectivity index (χ0v) is 24.5. The summed E-state index contributed by atoms with van der Waals surface area (Å²) >= 11 is 0. The highest BCUT2D eigenvalue weighted by Crippen LogP contribution is 2.40. The topological polar surface area (TPSA) is 137 Å². The van der Waals surface area contributed by atoms with E-state index in [0.717, 1.165) is 5.56 Å². The van der Waals surface area contributed by atoms with Gasteiger partial charge in [0, 0.05) is 6.54 Å². The first-order chi connectivity index (χ1) is 21.3. The van der Waals surface area contributed by atoms with E-state index in [1.165, 1.54) is 30.9 Å². The van der Waals surface area contributed by atoms with Crippen molar-refractivity contribution in [2.24, 2.45) is 5.92 Å². The molecule has 2 amide bonds. The molecule has 230 valence electrons. The van der Waals surface area contributed by atoms with E-state index in [9.17, 15) is 19.2 Å². The summed E-state index contributed by atoms with van der Waals surface area (Å²) in [5, 5.41) is 2.91. The van der Waals surface area contributed by atoms with Crippen LogP contribution in [0.2, 0.25) is 0 Å². The molecule has 1 N–H and O–H groups in total. The summed E-state index contributed by atoms with van der Waals surface area (Å²) < 4.78 is 22.2. The van der Waals surface area contributed by atoms with Crippen LogP contribution in [0.1, 0.15) is 83.2 Å². The van der Waals surface area contributed by atoms with Gasteiger partial charge in [-0.2, -0.15) is 0 Å². The van der Waals surface area contributed by atoms with Crippen LogP contribution in [-0.4, -0.2) is 65.5 Å². The van der Waals surface area contributed by atoms with Crippen LogP contribution in [0.4, 0.5) is 0 Å². The molecule has 11 nitrogen and oxygen atoms in total. The number of nitrogens with zero attached hydrogens (tertiary/aromatic N) is 2. The molecule has 0 radical (unpaired) electrons. The highest BCUT2D eigenvalue weighted by Gasteiger charge is 2.36. The predicted molar refractivity (Wildman–Crippen MR) is 156 cm³/mol. The highest BCUT2D eigenvalue weighted by molar-refractivity contribution is 5.90. The number of likely N-dealkylation sites (tertiary alicyclic amines) is 1. The molecule has 3 aliphatic rings. The van der Waals surface area contributed by atoms with Crippen LogP contribution in [0.25, 0.3) is 0 Å². The number of hydrogen-bond donors (Lipinski definition) is 1. The second-order valence-corrected chi connectivity index (χ2v) is 11.6. The molecule has 2 aliphatic heterocycles. The first-order valence-electron chi connectivity index (χ1n) is 15.1. The van der Waals surface area contributed by atoms with Gasteiger partial charge in [0.05, 0.1) is 36.7 Å². The average molecular weight is 602 g/mol. The van der Waals surface area contributed by atoms with Gasteiger partial charge in [-0.3, -0.25) is 14.4 Å². The summed E-state index contributed by atoms with van der Waals surface area (Å²) in [5.74, 6) is -0.816. The van der Waals surface area contributed by atoms with E-state index in [0.29, 0.717) is 36.6 Å². The maximum Gasteiger partial charge on any atom is 0.338 e. The van der Waals surface area contributed by atoms with E-state index in [4.69, 9.17) is 18.6 Å². The van der Waals surface area contributed by atoms with Crippen molar-refractivity contribution >= 4 is 23.8 Å². The molecule has 2 saturated heterocycles. The Kier molecular flexibility index (Phi) is 8.63. The number of carbonyl (C=O) groups is 4. The maximum atomic E-state index is 13.0. The predicted octanol–water partition coefficient (Wildman–Crippen LogP) is 4.20. The molecular weight excluding hydrogens is 566 g/mol. The van der Waals surface area contributed by atoms with Gasteiger partial charge < -0.3 is 28.8 Å². The van der Waals surface area contributed by atoms with Crippen LogP contribution < -0.4 is 10.1 Å². The number of aromatic nitrogens is 1. The van der Waals surface area contributed by atoms with Crippen molar-refractivity contribution in [2.45, 2.75) is 63.2 Å². The molecule has 6 rings (SSSR count). The smallest absolute Gasteiger partial charge is 0.338 e. The SMILES string of the molecule is C[C@H](NC(=O)c1ncco1)[C@H](Oc1ccc(C(=O)O[C@H]2CCCN(C(=O)[C@H]3COC(=O)C3)C2)cc1)c1ccc(C2CC2)cc1. The first-order valence-corrected chi connectivity index (χ1v) is 15.1. The number of rotatable bonds is 10. The molecule has 0 bridgehead atoms. The molecule has 1 aliphatic carbocycles. The Morgan fingerprint density at radius 3 is 2.48 bits per heavy atom. The van der Waals surface area contributed by atoms with Crippen molar-refractivity contribution in [3.8, 4) is 5.75 Å². The van der Waals surface area contributed by atoms with E-state index in [1.807, 2.05) is 19.1 Å². The summed E-state index contributed by atoms with van der Waals surface area (Å²) in [4.78, 5) is 55.5. The van der Waals surface area contributed by atoms with E-state index in [1.54, 1.807) is 29.2 Å². The van der Waals surface area contributed by atoms with Crippen molar-refractivity contribution in [1.82, 2.24) is 15.2 Å². The lowest BCUT2D eigenvalue weighted by Crippen LogP contribution is -2.46. The minimum Gasteiger partial charge on any atom is -0.484 e. The summed E-state index contributed by atoms with van der Waals surface area (Å²) in [6, 6.07) is 14.5. The van der Waals surface area contributed by atoms with Crippen LogP contribution in [0.5, 0.6) is 5.75 Å². The Morgan fingerprint density at radius 1 is 1.05 bits per heavy atom. The van der Waals surface area contributed by atoms with Gasteiger partial charge in [0.25, 0.3) is 5.89 Å². The Hall–Kier alpha value is -4.67. The van der Waals surface area contributed by atoms with Crippen LogP contribution in [0, 0.1) is 5.92 Å². The fraction of sp³-hybridized carbons (Fsp3) is 0.424. The lowest BCUT2D eigenvalue weighted by atomic mass is 10.00. The number of carbonyl (C=O) groups excluding carboxylic acids is 4. The lowest BCUT2D eigenvalue weighted by molar-refractivity contribution is -0.139. The molecule has 3 heterocycles. The third-order valence-corrected chi connectivity index (χ3v) is 8.28. The highest BCUT2D eigenvalue weighted by atomic mass is 16.5. The summed E-state index contributed by atoms with van der Waals surface area (Å²) in [7, 11) is 0. The fourth-order valence-corrected chi connectivity index (χ4v) is 5.71. The van der Waals surface area contributed by atoms with Gasteiger partial charge >= 0.3 is 17.8 Å². The molecule has 4 atom stereocenters. The Morgan fingerprint density at radius 2 is 1.82 bits per heavy atom. The van der Waals surface area contributed by atoms with Crippen LogP contribution in [0.3, 0.4) is 0 Å². The fourth-order valence-electron chi connectivity index (χ4n) is 5.71. The van der Waals surface area contributed by atoms with Crippen LogP contribution in [0.15, 0.2) is 65.4 Å². The normalized spacial score (nSPS) is 21.2. The van der Waals surface area contributed by atoms with Gasteiger partial charge in [0.15, 0.2) is 0 Å². The second kappa shape index (κ2) is 12.9. The van der Waals surface area contributed by atoms with E-state index >= 15 is 0 Å². The molecule has 3 aromatic rings. The van der Waals surface area contributed by atoms with Gasteiger partial charge in [-0.1, -0.05) is 24.3 Å². The van der Waals surface area contributed by atoms with Crippen molar-refractivity contribution in [1.29, 1.82) is 0 Å². The summed E-state index contributed by atoms with van der Waals surface area (Å²) in [5.41, 5.74) is 2.54. The largest absolute Gasteiger partial charge is 0.484 e. The number of nitrogens with one attached hydrogen (secondary N) is 1. The Balaban J connectivity index is 1.09. The number of ether oxygens (including phenoxy) is 3. The molecule has 3 fully saturated rings. The van der Waals surface area contributed by atoms with Crippen LogP contribution in [-0.2, 0) is 19.1 Å². The minimum atomic E-state index is -0.536. The monoisotopic (exact) mass is 601 g/mol. The number of benzene rings is 2. The molecule has 11 heteroatoms. The van der Waals surface area contributed by atoms with Crippen molar-refractivity contribution in [3.05, 3.63) is 83.6 Å². The standard InChI is InChI=1S/C33H35N3O8/c1-20(35-30(38)31-34-14-16-41-31)29(23-8-6-22(7-9-23)21-4-5-21)43-26-12-10-24(11-13-26)33(40)44-27-3-2-15-36(18-27)32(39)25-17-28(37)42-19-25/h6-14,16,20-21,25,27,29H,2-5,15,17-19H2,1H3,(H,35,38)/t20-,25+,27-,29-/m0/s1. The lowest BCUT2D eigenvalue weighted by Gasteiger charge is -2.33. The minimum absolute atomic E-state index is 0.0318.